The Kier molecular flexibility index (Phi) is 4.27. The summed E-state index contributed by atoms with van der Waals surface area (Å²) in [4.78, 5) is 33.7. The molecule has 138 valence electrons. The number of hydrogen-bond donors (Lipinski definition) is 1. The highest BCUT2D eigenvalue weighted by Gasteiger charge is 2.25. The van der Waals surface area contributed by atoms with Crippen molar-refractivity contribution < 1.29 is 9.90 Å². The molecule has 0 saturated carbocycles. The van der Waals surface area contributed by atoms with E-state index in [0.717, 1.165) is 11.3 Å². The van der Waals surface area contributed by atoms with Crippen molar-refractivity contribution in [1.82, 2.24) is 14.5 Å². The van der Waals surface area contributed by atoms with Crippen molar-refractivity contribution in [1.29, 1.82) is 0 Å². The number of anilines is 1. The van der Waals surface area contributed by atoms with Gasteiger partial charge in [-0.2, -0.15) is 0 Å². The van der Waals surface area contributed by atoms with E-state index < -0.39 is 0 Å². The van der Waals surface area contributed by atoms with Gasteiger partial charge in [0.2, 0.25) is 5.43 Å². The molecule has 0 aliphatic carbocycles. The number of aromatic nitrogens is 2. The van der Waals surface area contributed by atoms with Crippen molar-refractivity contribution in [3.05, 3.63) is 64.6 Å². The molecule has 0 radical (unpaired) electrons. The Morgan fingerprint density at radius 1 is 1.07 bits per heavy atom. The fourth-order valence-corrected chi connectivity index (χ4v) is 3.47. The smallest absolute Gasteiger partial charge is 0.259 e. The molecule has 0 spiro atoms. The van der Waals surface area contributed by atoms with Crippen molar-refractivity contribution in [2.45, 2.75) is 0 Å². The molecule has 1 aliphatic rings. The summed E-state index contributed by atoms with van der Waals surface area (Å²) < 4.78 is 1.82. The third-order valence-corrected chi connectivity index (χ3v) is 4.95. The first-order valence-corrected chi connectivity index (χ1v) is 8.82. The highest BCUT2D eigenvalue weighted by atomic mass is 16.3. The summed E-state index contributed by atoms with van der Waals surface area (Å²) in [5.74, 6) is 0.654. The third kappa shape index (κ3) is 3.12. The van der Waals surface area contributed by atoms with E-state index in [9.17, 15) is 14.7 Å². The van der Waals surface area contributed by atoms with Gasteiger partial charge in [-0.05, 0) is 24.3 Å². The van der Waals surface area contributed by atoms with E-state index in [2.05, 4.69) is 9.88 Å². The molecule has 2 aromatic heterocycles. The number of fused-ring (bicyclic) bond motifs is 1. The van der Waals surface area contributed by atoms with Gasteiger partial charge in [0.1, 0.15) is 17.1 Å². The lowest BCUT2D eigenvalue weighted by atomic mass is 10.1. The van der Waals surface area contributed by atoms with Gasteiger partial charge in [0.15, 0.2) is 0 Å². The molecule has 1 amide bonds. The van der Waals surface area contributed by atoms with Crippen LogP contribution in [0.3, 0.4) is 0 Å². The number of amides is 1. The lowest BCUT2D eigenvalue weighted by molar-refractivity contribution is 0.0744. The maximum Gasteiger partial charge on any atom is 0.259 e. The number of para-hydroxylation sites is 1. The average Bonchev–Trinajstić information content (AvgIpc) is 2.71. The van der Waals surface area contributed by atoms with Gasteiger partial charge in [-0.1, -0.05) is 12.1 Å². The number of carbonyl (C=O) groups is 1. The van der Waals surface area contributed by atoms with E-state index in [0.29, 0.717) is 31.6 Å². The first kappa shape index (κ1) is 17.1. The number of aromatic hydroxyl groups is 1. The van der Waals surface area contributed by atoms with Gasteiger partial charge < -0.3 is 19.5 Å². The van der Waals surface area contributed by atoms with Crippen LogP contribution in [0.4, 0.5) is 5.82 Å². The van der Waals surface area contributed by atoms with Gasteiger partial charge in [0.05, 0.1) is 11.7 Å². The molecular formula is C20H20N4O3. The number of hydrogen-bond acceptors (Lipinski definition) is 5. The van der Waals surface area contributed by atoms with Crippen LogP contribution in [0.5, 0.6) is 5.75 Å². The minimum Gasteiger partial charge on any atom is -0.506 e. The summed E-state index contributed by atoms with van der Waals surface area (Å²) in [5.41, 5.74) is 0.783. The lowest BCUT2D eigenvalue weighted by Crippen LogP contribution is -2.49. The van der Waals surface area contributed by atoms with Crippen molar-refractivity contribution in [3.8, 4) is 5.75 Å². The van der Waals surface area contributed by atoms with Crippen molar-refractivity contribution in [2.24, 2.45) is 7.05 Å². The van der Waals surface area contributed by atoms with Crippen LogP contribution in [-0.4, -0.2) is 51.6 Å². The number of nitrogens with zero attached hydrogens (tertiary/aromatic N) is 4. The zero-order chi connectivity index (χ0) is 19.0. The molecule has 1 aromatic carbocycles. The Hall–Kier alpha value is -3.35. The van der Waals surface area contributed by atoms with E-state index in [1.165, 1.54) is 6.20 Å². The molecule has 1 saturated heterocycles. The Balaban J connectivity index is 1.55. The Bertz CT molecular complexity index is 1050. The van der Waals surface area contributed by atoms with Crippen molar-refractivity contribution >= 4 is 22.6 Å². The molecule has 0 bridgehead atoms. The van der Waals surface area contributed by atoms with Gasteiger partial charge in [-0.25, -0.2) is 4.98 Å². The lowest BCUT2D eigenvalue weighted by Gasteiger charge is -2.35. The normalized spacial score (nSPS) is 14.6. The third-order valence-electron chi connectivity index (χ3n) is 4.95. The largest absolute Gasteiger partial charge is 0.506 e. The summed E-state index contributed by atoms with van der Waals surface area (Å²) in [5, 5.41) is 9.91. The molecule has 4 rings (SSSR count). The van der Waals surface area contributed by atoms with Crippen LogP contribution >= 0.6 is 0 Å². The number of rotatable bonds is 2. The van der Waals surface area contributed by atoms with Crippen LogP contribution in [0.15, 0.2) is 53.6 Å². The molecule has 0 atom stereocenters. The first-order chi connectivity index (χ1) is 13.0. The SMILES string of the molecule is Cn1cc(C(=O)N2CCN(c3ccc(O)cn3)CC2)c(=O)c2ccccc21. The van der Waals surface area contributed by atoms with Crippen LogP contribution in [-0.2, 0) is 7.05 Å². The zero-order valence-corrected chi connectivity index (χ0v) is 15.0. The summed E-state index contributed by atoms with van der Waals surface area (Å²) in [6, 6.07) is 10.7. The highest BCUT2D eigenvalue weighted by molar-refractivity contribution is 5.97. The topological polar surface area (TPSA) is 78.7 Å². The second-order valence-corrected chi connectivity index (χ2v) is 6.65. The molecule has 27 heavy (non-hydrogen) atoms. The summed E-state index contributed by atoms with van der Waals surface area (Å²) in [6.45, 7) is 2.27. The summed E-state index contributed by atoms with van der Waals surface area (Å²) in [7, 11) is 1.84. The maximum absolute atomic E-state index is 12.9. The Morgan fingerprint density at radius 2 is 1.81 bits per heavy atom. The van der Waals surface area contributed by atoms with E-state index in [-0.39, 0.29) is 22.6 Å². The van der Waals surface area contributed by atoms with E-state index in [1.54, 1.807) is 35.4 Å². The maximum atomic E-state index is 12.9. The monoisotopic (exact) mass is 364 g/mol. The number of aryl methyl sites for hydroxylation is 1. The van der Waals surface area contributed by atoms with E-state index >= 15 is 0 Å². The van der Waals surface area contributed by atoms with Crippen molar-refractivity contribution in [3.63, 3.8) is 0 Å². The standard InChI is InChI=1S/C20H20N4O3/c1-22-13-16(19(26)15-4-2-3-5-17(15)22)20(27)24-10-8-23(9-11-24)18-7-6-14(25)12-21-18/h2-7,12-13,25H,8-11H2,1H3. The van der Waals surface area contributed by atoms with Crippen LogP contribution in [0.25, 0.3) is 10.9 Å². The second-order valence-electron chi connectivity index (χ2n) is 6.65. The van der Waals surface area contributed by atoms with Crippen LogP contribution < -0.4 is 10.3 Å². The number of pyridine rings is 2. The predicted octanol–water partition coefficient (Wildman–Crippen LogP) is 1.60. The molecular weight excluding hydrogens is 344 g/mol. The molecule has 1 N–H and O–H groups in total. The van der Waals surface area contributed by atoms with Gasteiger partial charge in [-0.15, -0.1) is 0 Å². The van der Waals surface area contributed by atoms with Gasteiger partial charge in [0.25, 0.3) is 5.91 Å². The summed E-state index contributed by atoms with van der Waals surface area (Å²) >= 11 is 0. The molecule has 3 aromatic rings. The van der Waals surface area contributed by atoms with Gasteiger partial charge >= 0.3 is 0 Å². The fourth-order valence-electron chi connectivity index (χ4n) is 3.47. The molecule has 1 fully saturated rings. The van der Waals surface area contributed by atoms with Crippen LogP contribution in [0.2, 0.25) is 0 Å². The fraction of sp³-hybridized carbons (Fsp3) is 0.250. The highest BCUT2D eigenvalue weighted by Crippen LogP contribution is 2.17. The van der Waals surface area contributed by atoms with Crippen LogP contribution in [0.1, 0.15) is 10.4 Å². The first-order valence-electron chi connectivity index (χ1n) is 8.82. The van der Waals surface area contributed by atoms with E-state index in [1.807, 2.05) is 23.7 Å². The van der Waals surface area contributed by atoms with Gasteiger partial charge in [-0.3, -0.25) is 9.59 Å². The minimum absolute atomic E-state index is 0.125. The number of benzene rings is 1. The Labute approximate surface area is 156 Å². The molecule has 7 nitrogen and oxygen atoms in total. The minimum atomic E-state index is -0.236. The Morgan fingerprint density at radius 3 is 2.52 bits per heavy atom. The quantitative estimate of drug-likeness (QED) is 0.747. The van der Waals surface area contributed by atoms with Crippen LogP contribution in [0, 0.1) is 0 Å². The molecule has 3 heterocycles. The number of piperazine rings is 1. The van der Waals surface area contributed by atoms with Gasteiger partial charge in [0, 0.05) is 44.8 Å². The molecule has 7 heteroatoms. The molecule has 1 aliphatic heterocycles. The second kappa shape index (κ2) is 6.75. The predicted molar refractivity (Wildman–Crippen MR) is 103 cm³/mol. The average molecular weight is 364 g/mol. The number of carbonyl (C=O) groups excluding carboxylic acids is 1. The zero-order valence-electron chi connectivity index (χ0n) is 15.0. The van der Waals surface area contributed by atoms with Crippen molar-refractivity contribution in [2.75, 3.05) is 31.1 Å². The van der Waals surface area contributed by atoms with E-state index in [4.69, 9.17) is 0 Å². The molecule has 0 unspecified atom stereocenters. The summed E-state index contributed by atoms with van der Waals surface area (Å²) in [6.07, 6.45) is 3.03.